The summed E-state index contributed by atoms with van der Waals surface area (Å²) in [5.41, 5.74) is 0.833. The Balaban J connectivity index is 1.53. The van der Waals surface area contributed by atoms with Crippen LogP contribution in [0, 0.1) is 0 Å². The Labute approximate surface area is 146 Å². The maximum Gasteiger partial charge on any atom is 0.350 e. The van der Waals surface area contributed by atoms with Crippen molar-refractivity contribution in [3.63, 3.8) is 0 Å². The number of nitrogens with zero attached hydrogens (tertiary/aromatic N) is 3. The van der Waals surface area contributed by atoms with Crippen molar-refractivity contribution in [3.05, 3.63) is 81.1 Å². The molecule has 26 heavy (non-hydrogen) atoms. The number of hydrogen-bond acceptors (Lipinski definition) is 4. The summed E-state index contributed by atoms with van der Waals surface area (Å²) in [6.45, 7) is 0.442. The van der Waals surface area contributed by atoms with Crippen molar-refractivity contribution < 1.29 is 4.79 Å². The van der Waals surface area contributed by atoms with Crippen molar-refractivity contribution in [1.29, 1.82) is 0 Å². The molecule has 0 aliphatic carbocycles. The predicted molar refractivity (Wildman–Crippen MR) is 96.4 cm³/mol. The Bertz CT molecular complexity index is 1230. The van der Waals surface area contributed by atoms with E-state index in [1.54, 1.807) is 48.7 Å². The minimum atomic E-state index is -0.371. The number of carbonyl (C=O) groups is 1. The lowest BCUT2D eigenvalue weighted by atomic mass is 10.1. The number of hydrogen-bond donors (Lipinski definition) is 2. The molecule has 0 spiro atoms. The third-order valence-electron chi connectivity index (χ3n) is 4.09. The zero-order valence-electron chi connectivity index (χ0n) is 13.7. The number of para-hydroxylation sites is 1. The highest BCUT2D eigenvalue weighted by molar-refractivity contribution is 6.05. The quantitative estimate of drug-likeness (QED) is 0.568. The summed E-state index contributed by atoms with van der Waals surface area (Å²) in [6, 6.07) is 13.7. The van der Waals surface area contributed by atoms with Gasteiger partial charge < -0.3 is 10.3 Å². The summed E-state index contributed by atoms with van der Waals surface area (Å²) < 4.78 is 2.73. The lowest BCUT2D eigenvalue weighted by Gasteiger charge is -2.07. The van der Waals surface area contributed by atoms with Gasteiger partial charge in [-0.2, -0.15) is 0 Å². The molecule has 0 unspecified atom stereocenters. The molecular weight excluding hydrogens is 334 g/mol. The van der Waals surface area contributed by atoms with Gasteiger partial charge in [0.2, 0.25) is 5.56 Å². The van der Waals surface area contributed by atoms with Crippen LogP contribution in [-0.4, -0.2) is 31.6 Å². The third kappa shape index (κ3) is 2.77. The van der Waals surface area contributed by atoms with Crippen LogP contribution < -0.4 is 16.6 Å². The fraction of sp³-hybridized carbons (Fsp3) is 0.111. The van der Waals surface area contributed by atoms with Crippen molar-refractivity contribution in [2.24, 2.45) is 0 Å². The van der Waals surface area contributed by atoms with Crippen LogP contribution in [0.5, 0.6) is 0 Å². The molecule has 0 aliphatic rings. The molecule has 130 valence electrons. The predicted octanol–water partition coefficient (Wildman–Crippen LogP) is 0.767. The van der Waals surface area contributed by atoms with Crippen LogP contribution in [0.3, 0.4) is 0 Å². The number of H-pyrrole nitrogens is 1. The van der Waals surface area contributed by atoms with Gasteiger partial charge in [0, 0.05) is 29.7 Å². The van der Waals surface area contributed by atoms with E-state index in [-0.39, 0.29) is 30.2 Å². The molecule has 0 aliphatic heterocycles. The number of benzene rings is 1. The molecule has 0 atom stereocenters. The Kier molecular flexibility index (Phi) is 3.85. The first-order valence-corrected chi connectivity index (χ1v) is 8.08. The minimum absolute atomic E-state index is 0.212. The van der Waals surface area contributed by atoms with E-state index in [1.807, 2.05) is 0 Å². The molecule has 4 aromatic rings. The Hall–Kier alpha value is -3.68. The van der Waals surface area contributed by atoms with E-state index in [2.05, 4.69) is 15.4 Å². The summed E-state index contributed by atoms with van der Waals surface area (Å²) in [5.74, 6) is -0.371. The molecule has 0 saturated carbocycles. The molecular formula is C18H15N5O3. The van der Waals surface area contributed by atoms with Crippen LogP contribution in [0.25, 0.3) is 16.6 Å². The lowest BCUT2D eigenvalue weighted by Crippen LogP contribution is -2.31. The lowest BCUT2D eigenvalue weighted by molar-refractivity contribution is 0.0953. The number of fused-ring (bicyclic) bond motifs is 2. The molecule has 8 nitrogen and oxygen atoms in total. The van der Waals surface area contributed by atoms with E-state index in [9.17, 15) is 14.4 Å². The highest BCUT2D eigenvalue weighted by Gasteiger charge is 2.12. The van der Waals surface area contributed by atoms with Crippen LogP contribution in [-0.2, 0) is 6.54 Å². The second-order valence-electron chi connectivity index (χ2n) is 5.78. The summed E-state index contributed by atoms with van der Waals surface area (Å²) >= 11 is 0. The Morgan fingerprint density at radius 1 is 1.12 bits per heavy atom. The molecule has 0 radical (unpaired) electrons. The SMILES string of the molecule is O=C(NCCn1nc2ccccn2c1=O)c1cc(=O)[nH]c2ccccc12. The number of aromatic amines is 1. The average molecular weight is 349 g/mol. The minimum Gasteiger partial charge on any atom is -0.350 e. The normalized spacial score (nSPS) is 11.1. The van der Waals surface area contributed by atoms with E-state index in [0.29, 0.717) is 22.1 Å². The van der Waals surface area contributed by atoms with Crippen molar-refractivity contribution in [1.82, 2.24) is 24.5 Å². The number of aromatic nitrogens is 4. The van der Waals surface area contributed by atoms with Gasteiger partial charge in [-0.3, -0.25) is 14.0 Å². The largest absolute Gasteiger partial charge is 0.350 e. The zero-order chi connectivity index (χ0) is 18.1. The van der Waals surface area contributed by atoms with E-state index >= 15 is 0 Å². The van der Waals surface area contributed by atoms with Crippen molar-refractivity contribution in [3.8, 4) is 0 Å². The summed E-state index contributed by atoms with van der Waals surface area (Å²) in [7, 11) is 0. The molecule has 8 heteroatoms. The first-order chi connectivity index (χ1) is 12.6. The van der Waals surface area contributed by atoms with Crippen molar-refractivity contribution in [2.45, 2.75) is 6.54 Å². The molecule has 0 bridgehead atoms. The highest BCUT2D eigenvalue weighted by atomic mass is 16.2. The topological polar surface area (TPSA) is 101 Å². The van der Waals surface area contributed by atoms with Gasteiger partial charge >= 0.3 is 5.69 Å². The Morgan fingerprint density at radius 3 is 2.77 bits per heavy atom. The van der Waals surface area contributed by atoms with E-state index in [0.717, 1.165) is 0 Å². The number of nitrogens with one attached hydrogen (secondary N) is 2. The van der Waals surface area contributed by atoms with Gasteiger partial charge in [-0.05, 0) is 18.2 Å². The van der Waals surface area contributed by atoms with Crippen molar-refractivity contribution >= 4 is 22.5 Å². The summed E-state index contributed by atoms with van der Waals surface area (Å²) in [6.07, 6.45) is 1.64. The second-order valence-corrected chi connectivity index (χ2v) is 5.78. The van der Waals surface area contributed by atoms with Gasteiger partial charge in [-0.25, -0.2) is 9.48 Å². The molecule has 0 fully saturated rings. The van der Waals surface area contributed by atoms with Gasteiger partial charge in [0.05, 0.1) is 12.1 Å². The van der Waals surface area contributed by atoms with E-state index in [1.165, 1.54) is 15.1 Å². The maximum absolute atomic E-state index is 12.5. The van der Waals surface area contributed by atoms with Crippen LogP contribution in [0.15, 0.2) is 64.3 Å². The van der Waals surface area contributed by atoms with Gasteiger partial charge in [-0.1, -0.05) is 24.3 Å². The monoisotopic (exact) mass is 349 g/mol. The highest BCUT2D eigenvalue weighted by Crippen LogP contribution is 2.14. The molecule has 0 saturated heterocycles. The molecule has 4 rings (SSSR count). The fourth-order valence-corrected chi connectivity index (χ4v) is 2.88. The van der Waals surface area contributed by atoms with E-state index < -0.39 is 0 Å². The molecule has 1 amide bonds. The van der Waals surface area contributed by atoms with E-state index in [4.69, 9.17) is 0 Å². The van der Waals surface area contributed by atoms with Crippen LogP contribution in [0.1, 0.15) is 10.4 Å². The second kappa shape index (κ2) is 6.32. The summed E-state index contributed by atoms with van der Waals surface area (Å²) in [5, 5.41) is 7.61. The zero-order valence-corrected chi connectivity index (χ0v) is 13.7. The van der Waals surface area contributed by atoms with Crippen LogP contribution in [0.2, 0.25) is 0 Å². The fourth-order valence-electron chi connectivity index (χ4n) is 2.88. The Morgan fingerprint density at radius 2 is 1.92 bits per heavy atom. The number of amides is 1. The maximum atomic E-state index is 12.5. The first-order valence-electron chi connectivity index (χ1n) is 8.08. The molecule has 2 N–H and O–H groups in total. The van der Waals surface area contributed by atoms with Gasteiger partial charge in [-0.15, -0.1) is 5.10 Å². The smallest absolute Gasteiger partial charge is 0.350 e. The first kappa shape index (κ1) is 15.8. The third-order valence-corrected chi connectivity index (χ3v) is 4.09. The molecule has 1 aromatic carbocycles. The standard InChI is InChI=1S/C18H15N5O3/c24-16-11-13(12-5-1-2-6-14(12)20-16)17(25)19-8-10-23-18(26)22-9-4-3-7-15(22)21-23/h1-7,9,11H,8,10H2,(H,19,25)(H,20,24). The van der Waals surface area contributed by atoms with Gasteiger partial charge in [0.15, 0.2) is 5.65 Å². The van der Waals surface area contributed by atoms with Crippen LogP contribution >= 0.6 is 0 Å². The van der Waals surface area contributed by atoms with Gasteiger partial charge in [0.1, 0.15) is 0 Å². The number of rotatable bonds is 4. The number of carbonyl (C=O) groups excluding carboxylic acids is 1. The number of pyridine rings is 2. The van der Waals surface area contributed by atoms with Gasteiger partial charge in [0.25, 0.3) is 5.91 Å². The molecule has 3 heterocycles. The molecule has 3 aromatic heterocycles. The summed E-state index contributed by atoms with van der Waals surface area (Å²) in [4.78, 5) is 39.1. The van der Waals surface area contributed by atoms with Crippen LogP contribution in [0.4, 0.5) is 0 Å². The van der Waals surface area contributed by atoms with Crippen molar-refractivity contribution in [2.75, 3.05) is 6.54 Å². The average Bonchev–Trinajstić information content (AvgIpc) is 2.97.